The van der Waals surface area contributed by atoms with Crippen molar-refractivity contribution >= 4 is 23.5 Å². The van der Waals surface area contributed by atoms with E-state index in [-0.39, 0.29) is 23.1 Å². The van der Waals surface area contributed by atoms with Crippen LogP contribution in [0.5, 0.6) is 0 Å². The maximum atomic E-state index is 11.3. The number of primary amides is 1. The standard InChI is InChI=1S/C11H13ClN8O/c12-9-16-10(18-11(17-9)20-6-14-5-15-20)19-3-1-2-7(4-19)8(13)21/h5-7H,1-4H2,(H2,13,21). The molecular weight excluding hydrogens is 296 g/mol. The van der Waals surface area contributed by atoms with Crippen LogP contribution >= 0.6 is 11.6 Å². The zero-order chi connectivity index (χ0) is 14.8. The normalized spacial score (nSPS) is 18.7. The molecule has 21 heavy (non-hydrogen) atoms. The maximum absolute atomic E-state index is 11.3. The van der Waals surface area contributed by atoms with E-state index in [0.29, 0.717) is 12.5 Å². The van der Waals surface area contributed by atoms with E-state index in [0.717, 1.165) is 19.4 Å². The third kappa shape index (κ3) is 2.92. The predicted octanol–water partition coefficient (Wildman–Crippen LogP) is -0.193. The van der Waals surface area contributed by atoms with Gasteiger partial charge in [0.1, 0.15) is 12.7 Å². The molecule has 10 heteroatoms. The molecule has 1 saturated heterocycles. The van der Waals surface area contributed by atoms with E-state index in [2.05, 4.69) is 25.0 Å². The molecule has 1 aliphatic rings. The van der Waals surface area contributed by atoms with E-state index >= 15 is 0 Å². The molecule has 110 valence electrons. The molecule has 0 aliphatic carbocycles. The van der Waals surface area contributed by atoms with Crippen LogP contribution in [0.3, 0.4) is 0 Å². The van der Waals surface area contributed by atoms with Gasteiger partial charge in [-0.15, -0.1) is 0 Å². The van der Waals surface area contributed by atoms with Crippen molar-refractivity contribution in [1.82, 2.24) is 29.7 Å². The molecule has 0 saturated carbocycles. The number of amides is 1. The molecule has 9 nitrogen and oxygen atoms in total. The number of carbonyl (C=O) groups excluding carboxylic acids is 1. The van der Waals surface area contributed by atoms with Crippen molar-refractivity contribution in [2.24, 2.45) is 11.7 Å². The first-order valence-corrected chi connectivity index (χ1v) is 6.82. The summed E-state index contributed by atoms with van der Waals surface area (Å²) in [5.41, 5.74) is 5.38. The van der Waals surface area contributed by atoms with Crippen molar-refractivity contribution < 1.29 is 4.79 Å². The van der Waals surface area contributed by atoms with E-state index in [1.54, 1.807) is 0 Å². The number of anilines is 1. The first-order valence-electron chi connectivity index (χ1n) is 6.44. The summed E-state index contributed by atoms with van der Waals surface area (Å²) in [6.45, 7) is 1.22. The molecule has 0 radical (unpaired) electrons. The number of halogens is 1. The third-order valence-electron chi connectivity index (χ3n) is 3.31. The predicted molar refractivity (Wildman–Crippen MR) is 73.9 cm³/mol. The minimum atomic E-state index is -0.309. The number of nitrogens with zero attached hydrogens (tertiary/aromatic N) is 7. The van der Waals surface area contributed by atoms with Crippen molar-refractivity contribution in [3.63, 3.8) is 0 Å². The molecule has 3 heterocycles. The molecule has 2 N–H and O–H groups in total. The van der Waals surface area contributed by atoms with Crippen molar-refractivity contribution in [3.8, 4) is 5.95 Å². The van der Waals surface area contributed by atoms with Crippen molar-refractivity contribution in [1.29, 1.82) is 0 Å². The number of rotatable bonds is 3. The highest BCUT2D eigenvalue weighted by molar-refractivity contribution is 6.28. The van der Waals surface area contributed by atoms with Crippen molar-refractivity contribution in [3.05, 3.63) is 17.9 Å². The first-order chi connectivity index (χ1) is 10.1. The Morgan fingerprint density at radius 1 is 1.33 bits per heavy atom. The fraction of sp³-hybridized carbons (Fsp3) is 0.455. The van der Waals surface area contributed by atoms with Gasteiger partial charge in [0.2, 0.25) is 17.1 Å². The Bertz CT molecular complexity index is 646. The van der Waals surface area contributed by atoms with Gasteiger partial charge in [-0.2, -0.15) is 24.7 Å². The maximum Gasteiger partial charge on any atom is 0.258 e. The van der Waals surface area contributed by atoms with Gasteiger partial charge in [-0.3, -0.25) is 4.79 Å². The van der Waals surface area contributed by atoms with Crippen LogP contribution in [0.25, 0.3) is 5.95 Å². The SMILES string of the molecule is NC(=O)C1CCCN(c2nc(Cl)nc(-n3cncn3)n2)C1. The van der Waals surface area contributed by atoms with E-state index < -0.39 is 0 Å². The topological polar surface area (TPSA) is 116 Å². The molecule has 1 fully saturated rings. The monoisotopic (exact) mass is 308 g/mol. The molecule has 1 unspecified atom stereocenters. The second-order valence-electron chi connectivity index (χ2n) is 4.73. The Balaban J connectivity index is 1.90. The van der Waals surface area contributed by atoms with Crippen LogP contribution < -0.4 is 10.6 Å². The fourth-order valence-corrected chi connectivity index (χ4v) is 2.43. The summed E-state index contributed by atoms with van der Waals surface area (Å²) in [6, 6.07) is 0. The Morgan fingerprint density at radius 3 is 2.86 bits per heavy atom. The average Bonchev–Trinajstić information content (AvgIpc) is 3.01. The number of hydrogen-bond acceptors (Lipinski definition) is 7. The quantitative estimate of drug-likeness (QED) is 0.835. The lowest BCUT2D eigenvalue weighted by atomic mass is 9.98. The van der Waals surface area contributed by atoms with Gasteiger partial charge in [-0.05, 0) is 24.4 Å². The molecule has 0 bridgehead atoms. The van der Waals surface area contributed by atoms with Crippen LogP contribution in [0.4, 0.5) is 5.95 Å². The Kier molecular flexibility index (Phi) is 3.65. The summed E-state index contributed by atoms with van der Waals surface area (Å²) >= 11 is 5.94. The smallest absolute Gasteiger partial charge is 0.258 e. The molecular formula is C11H13ClN8O. The van der Waals surface area contributed by atoms with Gasteiger partial charge in [-0.25, -0.2) is 4.98 Å². The van der Waals surface area contributed by atoms with Crippen LogP contribution in [0, 0.1) is 5.92 Å². The highest BCUT2D eigenvalue weighted by atomic mass is 35.5. The second kappa shape index (κ2) is 5.60. The van der Waals surface area contributed by atoms with E-state index in [1.807, 2.05) is 4.90 Å². The largest absolute Gasteiger partial charge is 0.369 e. The van der Waals surface area contributed by atoms with Gasteiger partial charge in [0, 0.05) is 13.1 Å². The molecule has 0 aromatic carbocycles. The summed E-state index contributed by atoms with van der Waals surface area (Å²) in [7, 11) is 0. The highest BCUT2D eigenvalue weighted by Gasteiger charge is 2.26. The van der Waals surface area contributed by atoms with Gasteiger partial charge in [-0.1, -0.05) is 0 Å². The summed E-state index contributed by atoms with van der Waals surface area (Å²) in [4.78, 5) is 29.5. The minimum Gasteiger partial charge on any atom is -0.369 e. The van der Waals surface area contributed by atoms with E-state index in [9.17, 15) is 4.79 Å². The van der Waals surface area contributed by atoms with Crippen LogP contribution in [0.2, 0.25) is 5.28 Å². The fourth-order valence-electron chi connectivity index (χ4n) is 2.28. The Hall–Kier alpha value is -2.29. The minimum absolute atomic E-state index is 0.0618. The second-order valence-corrected chi connectivity index (χ2v) is 5.07. The van der Waals surface area contributed by atoms with Gasteiger partial charge in [0.25, 0.3) is 5.95 Å². The van der Waals surface area contributed by atoms with Crippen LogP contribution in [0.1, 0.15) is 12.8 Å². The Labute approximate surface area is 125 Å². The summed E-state index contributed by atoms with van der Waals surface area (Å²) < 4.78 is 1.40. The summed E-state index contributed by atoms with van der Waals surface area (Å²) in [6.07, 6.45) is 4.47. The van der Waals surface area contributed by atoms with E-state index in [4.69, 9.17) is 17.3 Å². The molecule has 2 aromatic heterocycles. The lowest BCUT2D eigenvalue weighted by molar-refractivity contribution is -0.122. The van der Waals surface area contributed by atoms with Crippen molar-refractivity contribution in [2.45, 2.75) is 12.8 Å². The molecule has 1 aliphatic heterocycles. The Morgan fingerprint density at radius 2 is 2.14 bits per heavy atom. The number of nitrogens with two attached hydrogens (primary N) is 1. The van der Waals surface area contributed by atoms with Gasteiger partial charge in [0.15, 0.2) is 0 Å². The molecule has 0 spiro atoms. The zero-order valence-electron chi connectivity index (χ0n) is 11.1. The summed E-state index contributed by atoms with van der Waals surface area (Å²) in [5, 5.41) is 4.02. The number of aromatic nitrogens is 6. The van der Waals surface area contributed by atoms with Gasteiger partial charge >= 0.3 is 0 Å². The van der Waals surface area contributed by atoms with Gasteiger partial charge < -0.3 is 10.6 Å². The van der Waals surface area contributed by atoms with Gasteiger partial charge in [0.05, 0.1) is 5.92 Å². The van der Waals surface area contributed by atoms with E-state index in [1.165, 1.54) is 17.3 Å². The highest BCUT2D eigenvalue weighted by Crippen LogP contribution is 2.21. The van der Waals surface area contributed by atoms with Crippen LogP contribution in [-0.4, -0.2) is 48.7 Å². The van der Waals surface area contributed by atoms with Crippen LogP contribution in [-0.2, 0) is 4.79 Å². The van der Waals surface area contributed by atoms with Crippen LogP contribution in [0.15, 0.2) is 12.7 Å². The molecule has 1 atom stereocenters. The lowest BCUT2D eigenvalue weighted by Gasteiger charge is -2.31. The molecule has 3 rings (SSSR count). The average molecular weight is 309 g/mol. The summed E-state index contributed by atoms with van der Waals surface area (Å²) in [5.74, 6) is 0.176. The zero-order valence-corrected chi connectivity index (χ0v) is 11.8. The lowest BCUT2D eigenvalue weighted by Crippen LogP contribution is -2.42. The number of piperidine rings is 1. The number of carbonyl (C=O) groups is 1. The number of hydrogen-bond donors (Lipinski definition) is 1. The van der Waals surface area contributed by atoms with Crippen molar-refractivity contribution in [2.75, 3.05) is 18.0 Å². The first kappa shape index (κ1) is 13.7. The molecule has 2 aromatic rings. The molecule has 1 amide bonds. The third-order valence-corrected chi connectivity index (χ3v) is 3.48.